The smallest absolute Gasteiger partial charge is 0.393 e. The molecule has 1 atom stereocenters. The van der Waals surface area contributed by atoms with Gasteiger partial charge in [-0.3, -0.25) is 4.79 Å². The van der Waals surface area contributed by atoms with E-state index in [1.807, 2.05) is 6.07 Å². The summed E-state index contributed by atoms with van der Waals surface area (Å²) in [4.78, 5) is 13.3. The number of rotatable bonds is 9. The third-order valence-electron chi connectivity index (χ3n) is 4.47. The Morgan fingerprint density at radius 2 is 1.87 bits per heavy atom. The second kappa shape index (κ2) is 15.2. The summed E-state index contributed by atoms with van der Waals surface area (Å²) in [6, 6.07) is 1.86. The van der Waals surface area contributed by atoms with Crippen molar-refractivity contribution >= 4 is 28.8 Å². The van der Waals surface area contributed by atoms with Crippen molar-refractivity contribution in [2.45, 2.75) is 59.7 Å². The zero-order chi connectivity index (χ0) is 29.0. The van der Waals surface area contributed by atoms with Crippen molar-refractivity contribution in [1.82, 2.24) is 15.5 Å². The van der Waals surface area contributed by atoms with Crippen molar-refractivity contribution in [3.05, 3.63) is 59.4 Å². The molecular weight excluding hydrogens is 523 g/mol. The molecule has 1 aromatic heterocycles. The van der Waals surface area contributed by atoms with Crippen molar-refractivity contribution in [2.75, 3.05) is 14.1 Å². The largest absolute Gasteiger partial charge is 0.505 e. The first kappa shape index (κ1) is 32.7. The molecule has 3 N–H and O–H groups in total. The van der Waals surface area contributed by atoms with E-state index in [2.05, 4.69) is 53.7 Å². The number of likely N-dealkylation sites (N-methyl/N-ethyl adjacent to an activating group) is 1. The van der Waals surface area contributed by atoms with Gasteiger partial charge >= 0.3 is 6.18 Å². The number of allylic oxidation sites excluding steroid dienone is 2. The molecule has 0 aromatic carbocycles. The minimum Gasteiger partial charge on any atom is -0.505 e. The number of alkyl halides is 3. The minimum absolute atomic E-state index is 0.0317. The Balaban J connectivity index is 0.00000229. The maximum absolute atomic E-state index is 13.1. The molecule has 0 saturated carbocycles. The van der Waals surface area contributed by atoms with Gasteiger partial charge in [0.1, 0.15) is 11.5 Å². The van der Waals surface area contributed by atoms with Crippen LogP contribution in [0.5, 0.6) is 0 Å². The summed E-state index contributed by atoms with van der Waals surface area (Å²) >= 11 is -2.01. The second-order valence-corrected chi connectivity index (χ2v) is 9.78. The molecule has 38 heavy (non-hydrogen) atoms. The Morgan fingerprint density at radius 3 is 2.39 bits per heavy atom. The van der Waals surface area contributed by atoms with E-state index in [-0.39, 0.29) is 23.9 Å². The lowest BCUT2D eigenvalue weighted by atomic mass is 10.1. The van der Waals surface area contributed by atoms with E-state index in [0.717, 1.165) is 23.0 Å². The van der Waals surface area contributed by atoms with E-state index in [1.165, 1.54) is 26.6 Å². The molecule has 1 amide bonds. The lowest BCUT2D eigenvalue weighted by Gasteiger charge is -2.19. The van der Waals surface area contributed by atoms with Gasteiger partial charge in [-0.05, 0) is 30.0 Å². The molecular formula is C25H36F3N5O4S. The first-order chi connectivity index (χ1) is 17.7. The third kappa shape index (κ3) is 11.0. The summed E-state index contributed by atoms with van der Waals surface area (Å²) in [5.41, 5.74) is -0.184. The third-order valence-corrected chi connectivity index (χ3v) is 5.14. The van der Waals surface area contributed by atoms with Crippen LogP contribution in [0.1, 0.15) is 51.9 Å². The molecule has 1 unspecified atom stereocenters. The van der Waals surface area contributed by atoms with E-state index in [1.54, 1.807) is 6.26 Å². The zero-order valence-electron chi connectivity index (χ0n) is 22.5. The van der Waals surface area contributed by atoms with Crippen LogP contribution in [0.15, 0.2) is 61.3 Å². The van der Waals surface area contributed by atoms with Crippen molar-refractivity contribution in [2.24, 2.45) is 14.7 Å². The summed E-state index contributed by atoms with van der Waals surface area (Å²) in [6.45, 7) is 12.0. The molecule has 2 heterocycles. The summed E-state index contributed by atoms with van der Waals surface area (Å²) in [7, 11) is 2.52. The Kier molecular flexibility index (Phi) is 13.0. The number of furan rings is 1. The molecule has 0 saturated heterocycles. The number of nitrogens with zero attached hydrogens (tertiary/aromatic N) is 3. The van der Waals surface area contributed by atoms with Gasteiger partial charge < -0.3 is 25.1 Å². The first-order valence-electron chi connectivity index (χ1n) is 11.9. The van der Waals surface area contributed by atoms with Gasteiger partial charge in [-0.25, -0.2) is 4.21 Å². The standard InChI is InChI=1S/C22H28F3N5O4S.C3H8/c1-6-7-17(18(31)16(10-22(23,24)25)21(32)30(4)5)27-20-19(28-35(33)29-20)26-11-15-9-14(12-34-15)8-13(2)3;1-3-2/h6-7,9,12-13,31H,1,8,10-11H2,2-5H3,(H,26,28)(H,27,29);3H2,1-2H3/b17-7+,18-16-;. The van der Waals surface area contributed by atoms with Gasteiger partial charge in [0.2, 0.25) is 0 Å². The van der Waals surface area contributed by atoms with Gasteiger partial charge in [0.05, 0.1) is 30.5 Å². The van der Waals surface area contributed by atoms with Crippen molar-refractivity contribution in [1.29, 1.82) is 0 Å². The molecule has 1 aliphatic rings. The van der Waals surface area contributed by atoms with Gasteiger partial charge in [0.25, 0.3) is 17.1 Å². The molecule has 9 nitrogen and oxygen atoms in total. The molecule has 1 aromatic rings. The van der Waals surface area contributed by atoms with Crippen LogP contribution in [0.2, 0.25) is 0 Å². The van der Waals surface area contributed by atoms with Crippen LogP contribution in [0.25, 0.3) is 0 Å². The van der Waals surface area contributed by atoms with Crippen LogP contribution in [-0.2, 0) is 28.9 Å². The molecule has 0 spiro atoms. The van der Waals surface area contributed by atoms with E-state index in [9.17, 15) is 27.3 Å². The Morgan fingerprint density at radius 1 is 1.26 bits per heavy atom. The first-order valence-corrected chi connectivity index (χ1v) is 13.0. The fourth-order valence-electron chi connectivity index (χ4n) is 3.05. The number of hydrogen-bond acceptors (Lipinski definition) is 6. The molecule has 0 fully saturated rings. The fourth-order valence-corrected chi connectivity index (χ4v) is 3.68. The van der Waals surface area contributed by atoms with Crippen molar-refractivity contribution in [3.8, 4) is 0 Å². The van der Waals surface area contributed by atoms with Gasteiger partial charge in [-0.15, -0.1) is 8.80 Å². The van der Waals surface area contributed by atoms with Crippen LogP contribution >= 0.6 is 0 Å². The molecule has 2 rings (SSSR count). The fraction of sp³-hybridized carbons (Fsp3) is 0.480. The topological polar surface area (TPSA) is 120 Å². The number of halogens is 3. The number of hydrogen-bond donors (Lipinski definition) is 3. The molecule has 212 valence electrons. The summed E-state index contributed by atoms with van der Waals surface area (Å²) < 4.78 is 64.4. The van der Waals surface area contributed by atoms with E-state index < -0.39 is 41.0 Å². The molecule has 0 bridgehead atoms. The van der Waals surface area contributed by atoms with Crippen LogP contribution in [0.3, 0.4) is 0 Å². The lowest BCUT2D eigenvalue weighted by Crippen LogP contribution is -2.38. The zero-order valence-corrected chi connectivity index (χ0v) is 23.3. The number of carbonyl (C=O) groups is 1. The maximum Gasteiger partial charge on any atom is 0.393 e. The molecule has 1 aliphatic heterocycles. The van der Waals surface area contributed by atoms with Crippen molar-refractivity contribution < 1.29 is 31.7 Å². The maximum atomic E-state index is 13.1. The number of aliphatic hydroxyl groups excluding tert-OH is 1. The number of amides is 1. The van der Waals surface area contributed by atoms with Gasteiger partial charge in [-0.2, -0.15) is 13.2 Å². The number of aliphatic hydroxyl groups is 1. The Bertz CT molecular complexity index is 1120. The monoisotopic (exact) mass is 559 g/mol. The van der Waals surface area contributed by atoms with E-state index >= 15 is 0 Å². The van der Waals surface area contributed by atoms with Gasteiger partial charge in [0.15, 0.2) is 11.7 Å². The van der Waals surface area contributed by atoms with Gasteiger partial charge in [0, 0.05) is 14.1 Å². The summed E-state index contributed by atoms with van der Waals surface area (Å²) in [5, 5.41) is 16.1. The van der Waals surface area contributed by atoms with E-state index in [4.69, 9.17) is 4.42 Å². The van der Waals surface area contributed by atoms with E-state index in [0.29, 0.717) is 11.7 Å². The molecule has 13 heteroatoms. The lowest BCUT2D eigenvalue weighted by molar-refractivity contribution is -0.138. The summed E-state index contributed by atoms with van der Waals surface area (Å²) in [6.07, 6.45) is -0.361. The minimum atomic E-state index is -4.76. The Hall–Kier alpha value is -3.35. The number of nitrogens with one attached hydrogen (secondary N) is 2. The van der Waals surface area contributed by atoms with Crippen LogP contribution in [-0.4, -0.2) is 52.1 Å². The summed E-state index contributed by atoms with van der Waals surface area (Å²) in [5.74, 6) is -1.05. The number of amidine groups is 2. The average Bonchev–Trinajstić information content (AvgIpc) is 3.39. The average molecular weight is 560 g/mol. The highest BCUT2D eigenvalue weighted by molar-refractivity contribution is 7.83. The van der Waals surface area contributed by atoms with Crippen LogP contribution < -0.4 is 10.6 Å². The van der Waals surface area contributed by atoms with Crippen molar-refractivity contribution in [3.63, 3.8) is 0 Å². The quantitative estimate of drug-likeness (QED) is 0.225. The highest BCUT2D eigenvalue weighted by Crippen LogP contribution is 2.28. The number of carbonyl (C=O) groups excluding carboxylic acids is 1. The SMILES string of the molecule is C=C/C=C(NC1=NS(=O)N=C1NCc1cc(CC(C)C)co1)\C(O)=C(/CC(F)(F)F)C(=O)N(C)C.CCC. The molecule has 0 aliphatic carbocycles. The predicted molar refractivity (Wildman–Crippen MR) is 144 cm³/mol. The highest BCUT2D eigenvalue weighted by atomic mass is 32.2. The van der Waals surface area contributed by atoms with Gasteiger partial charge in [-0.1, -0.05) is 46.8 Å². The second-order valence-electron chi connectivity index (χ2n) is 8.95. The predicted octanol–water partition coefficient (Wildman–Crippen LogP) is 4.89. The van der Waals surface area contributed by atoms with Crippen LogP contribution in [0, 0.1) is 5.92 Å². The highest BCUT2D eigenvalue weighted by Gasteiger charge is 2.35. The van der Waals surface area contributed by atoms with Crippen LogP contribution in [0.4, 0.5) is 13.2 Å². The normalized spacial score (nSPS) is 16.2. The Labute approximate surface area is 224 Å². The molecule has 0 radical (unpaired) electrons.